The number of hydrogen-bond donors (Lipinski definition) is 0. The van der Waals surface area contributed by atoms with E-state index in [1.165, 1.54) is 11.4 Å². The number of benzene rings is 3. The molecule has 0 saturated carbocycles. The SMILES string of the molecule is CCn1ccsc1=Nc1cccc(N2CCN(c3ccc(OCC4COC(Cn5ccnc5)(c5ccc(Cl)cc5Cl)O4)cc3)CC2)c1. The van der Waals surface area contributed by atoms with Crippen molar-refractivity contribution < 1.29 is 14.2 Å². The van der Waals surface area contributed by atoms with Gasteiger partial charge in [-0.15, -0.1) is 11.3 Å². The van der Waals surface area contributed by atoms with Crippen molar-refractivity contribution in [2.24, 2.45) is 4.99 Å². The van der Waals surface area contributed by atoms with Crippen LogP contribution in [0.3, 0.4) is 0 Å². The minimum Gasteiger partial charge on any atom is -0.491 e. The second kappa shape index (κ2) is 14.1. The smallest absolute Gasteiger partial charge is 0.215 e. The largest absolute Gasteiger partial charge is 0.491 e. The summed E-state index contributed by atoms with van der Waals surface area (Å²) in [6.45, 7) is 7.88. The lowest BCUT2D eigenvalue weighted by atomic mass is 10.1. The fourth-order valence-electron chi connectivity index (χ4n) is 6.04. The highest BCUT2D eigenvalue weighted by atomic mass is 35.5. The molecule has 4 heterocycles. The maximum Gasteiger partial charge on any atom is 0.215 e. The number of aryl methyl sites for hydroxylation is 1. The van der Waals surface area contributed by atoms with Crippen LogP contribution in [0.5, 0.6) is 5.75 Å². The molecule has 2 fully saturated rings. The molecule has 12 heteroatoms. The summed E-state index contributed by atoms with van der Waals surface area (Å²) in [6, 6.07) is 22.2. The Bertz CT molecular complexity index is 1850. The molecule has 2 saturated heterocycles. The first-order chi connectivity index (χ1) is 23.0. The molecule has 47 heavy (non-hydrogen) atoms. The van der Waals surface area contributed by atoms with E-state index < -0.39 is 5.79 Å². The van der Waals surface area contributed by atoms with Crippen molar-refractivity contribution in [3.8, 4) is 5.75 Å². The average molecular weight is 692 g/mol. The molecule has 0 radical (unpaired) electrons. The van der Waals surface area contributed by atoms with Crippen molar-refractivity contribution in [3.63, 3.8) is 0 Å². The normalized spacial score (nSPS) is 20.2. The van der Waals surface area contributed by atoms with Gasteiger partial charge in [-0.05, 0) is 61.5 Å². The Hall–Kier alpha value is -3.80. The van der Waals surface area contributed by atoms with E-state index in [-0.39, 0.29) is 6.10 Å². The van der Waals surface area contributed by atoms with Crippen LogP contribution in [0, 0.1) is 0 Å². The average Bonchev–Trinajstić information content (AvgIpc) is 3.87. The van der Waals surface area contributed by atoms with Gasteiger partial charge in [-0.25, -0.2) is 9.98 Å². The predicted molar refractivity (Wildman–Crippen MR) is 187 cm³/mol. The summed E-state index contributed by atoms with van der Waals surface area (Å²) in [7, 11) is 0. The second-order valence-corrected chi connectivity index (χ2v) is 13.3. The molecule has 2 aromatic heterocycles. The summed E-state index contributed by atoms with van der Waals surface area (Å²) in [4.78, 5) is 14.9. The van der Waals surface area contributed by atoms with Crippen LogP contribution in [0.4, 0.5) is 17.1 Å². The van der Waals surface area contributed by atoms with Crippen LogP contribution in [0.25, 0.3) is 0 Å². The first-order valence-electron chi connectivity index (χ1n) is 15.7. The summed E-state index contributed by atoms with van der Waals surface area (Å²) in [5.41, 5.74) is 4.09. The first kappa shape index (κ1) is 31.8. The molecule has 244 valence electrons. The minimum atomic E-state index is -1.08. The van der Waals surface area contributed by atoms with E-state index in [1.807, 2.05) is 29.0 Å². The monoisotopic (exact) mass is 690 g/mol. The second-order valence-electron chi connectivity index (χ2n) is 11.5. The number of nitrogens with zero attached hydrogens (tertiary/aromatic N) is 6. The highest BCUT2D eigenvalue weighted by Crippen LogP contribution is 2.40. The number of anilines is 2. The number of piperazine rings is 1. The lowest BCUT2D eigenvalue weighted by Gasteiger charge is -2.37. The standard InChI is InChI=1S/C35H36Cl2N6O3S/c1-2-41-18-19-47-34(41)39-27-4-3-5-29(21-27)43-16-14-42(15-17-43)28-7-9-30(10-8-28)44-22-31-23-45-35(46-31,24-40-13-12-38-25-40)32-11-6-26(36)20-33(32)37/h3-13,18-21,25,31H,2,14-17,22-24H2,1H3. The zero-order valence-corrected chi connectivity index (χ0v) is 28.4. The van der Waals surface area contributed by atoms with Crippen molar-refractivity contribution in [2.45, 2.75) is 31.9 Å². The van der Waals surface area contributed by atoms with Gasteiger partial charge in [0.15, 0.2) is 4.80 Å². The van der Waals surface area contributed by atoms with Crippen LogP contribution in [0.1, 0.15) is 12.5 Å². The molecule has 5 aromatic rings. The Labute approximate surface area is 288 Å². The third-order valence-corrected chi connectivity index (χ3v) is 9.83. The molecular weight excluding hydrogens is 655 g/mol. The number of rotatable bonds is 10. The number of hydrogen-bond acceptors (Lipinski definition) is 8. The van der Waals surface area contributed by atoms with Gasteiger partial charge < -0.3 is 33.1 Å². The van der Waals surface area contributed by atoms with Crippen molar-refractivity contribution in [3.05, 3.63) is 117 Å². The lowest BCUT2D eigenvalue weighted by molar-refractivity contribution is -0.189. The van der Waals surface area contributed by atoms with E-state index in [9.17, 15) is 0 Å². The Morgan fingerprint density at radius 1 is 0.979 bits per heavy atom. The quantitative estimate of drug-likeness (QED) is 0.158. The van der Waals surface area contributed by atoms with Gasteiger partial charge in [-0.3, -0.25) is 0 Å². The molecule has 0 spiro atoms. The molecule has 0 bridgehead atoms. The third kappa shape index (κ3) is 7.22. The van der Waals surface area contributed by atoms with E-state index in [1.54, 1.807) is 36.0 Å². The number of ether oxygens (including phenoxy) is 3. The van der Waals surface area contributed by atoms with Crippen molar-refractivity contribution in [1.29, 1.82) is 0 Å². The van der Waals surface area contributed by atoms with Crippen molar-refractivity contribution >= 4 is 51.6 Å². The summed E-state index contributed by atoms with van der Waals surface area (Å²) < 4.78 is 23.1. The van der Waals surface area contributed by atoms with Gasteiger partial charge in [-0.1, -0.05) is 35.3 Å². The number of halogens is 2. The summed E-state index contributed by atoms with van der Waals surface area (Å²) in [5, 5.41) is 3.12. The van der Waals surface area contributed by atoms with E-state index in [0.717, 1.165) is 54.5 Å². The molecule has 2 aliphatic rings. The third-order valence-electron chi connectivity index (χ3n) is 8.49. The van der Waals surface area contributed by atoms with Crippen molar-refractivity contribution in [2.75, 3.05) is 49.2 Å². The fraction of sp³-hybridized carbons (Fsp3) is 0.314. The molecule has 0 aliphatic carbocycles. The highest BCUT2D eigenvalue weighted by Gasteiger charge is 2.45. The van der Waals surface area contributed by atoms with Crippen LogP contribution in [0.2, 0.25) is 10.0 Å². The molecule has 9 nitrogen and oxygen atoms in total. The maximum atomic E-state index is 6.61. The van der Waals surface area contributed by atoms with E-state index >= 15 is 0 Å². The Kier molecular flexibility index (Phi) is 9.55. The molecule has 2 atom stereocenters. The lowest BCUT2D eigenvalue weighted by Crippen LogP contribution is -2.46. The summed E-state index contributed by atoms with van der Waals surface area (Å²) in [6.07, 6.45) is 7.11. The molecule has 7 rings (SSSR count). The molecule has 2 unspecified atom stereocenters. The topological polar surface area (TPSA) is 69.3 Å². The van der Waals surface area contributed by atoms with Gasteiger partial charge in [0, 0.05) is 78.7 Å². The van der Waals surface area contributed by atoms with Crippen molar-refractivity contribution in [1.82, 2.24) is 14.1 Å². The van der Waals surface area contributed by atoms with Crippen LogP contribution in [-0.2, 0) is 28.4 Å². The first-order valence-corrected chi connectivity index (χ1v) is 17.4. The highest BCUT2D eigenvalue weighted by molar-refractivity contribution is 7.07. The summed E-state index contributed by atoms with van der Waals surface area (Å²) >= 11 is 14.4. The maximum absolute atomic E-state index is 6.61. The molecule has 2 aliphatic heterocycles. The van der Waals surface area contributed by atoms with Crippen LogP contribution in [-0.4, -0.2) is 59.6 Å². The van der Waals surface area contributed by atoms with Gasteiger partial charge in [0.1, 0.15) is 18.5 Å². The zero-order chi connectivity index (χ0) is 32.2. The Morgan fingerprint density at radius 2 is 1.79 bits per heavy atom. The minimum absolute atomic E-state index is 0.290. The van der Waals surface area contributed by atoms with Gasteiger partial charge in [0.05, 0.1) is 30.2 Å². The Morgan fingerprint density at radius 3 is 2.53 bits per heavy atom. The van der Waals surface area contributed by atoms with Crippen LogP contribution >= 0.6 is 34.5 Å². The molecule has 0 amide bonds. The number of thiazole rings is 1. The molecule has 3 aromatic carbocycles. The molecular formula is C35H36Cl2N6O3S. The van der Waals surface area contributed by atoms with E-state index in [0.29, 0.717) is 29.8 Å². The van der Waals surface area contributed by atoms with E-state index in [4.69, 9.17) is 42.4 Å². The van der Waals surface area contributed by atoms with E-state index in [2.05, 4.69) is 74.2 Å². The Balaban J connectivity index is 0.943. The van der Waals surface area contributed by atoms with Crippen LogP contribution in [0.15, 0.2) is 102 Å². The predicted octanol–water partition coefficient (Wildman–Crippen LogP) is 6.98. The van der Waals surface area contributed by atoms with Crippen LogP contribution < -0.4 is 19.3 Å². The van der Waals surface area contributed by atoms with Gasteiger partial charge in [-0.2, -0.15) is 0 Å². The van der Waals surface area contributed by atoms with Gasteiger partial charge in [0.25, 0.3) is 0 Å². The number of imidazole rings is 1. The number of aromatic nitrogens is 3. The van der Waals surface area contributed by atoms with Gasteiger partial charge >= 0.3 is 0 Å². The zero-order valence-electron chi connectivity index (χ0n) is 26.0. The fourth-order valence-corrected chi connectivity index (χ4v) is 7.40. The molecule has 0 N–H and O–H groups in total. The van der Waals surface area contributed by atoms with Gasteiger partial charge in [0.2, 0.25) is 5.79 Å². The summed E-state index contributed by atoms with van der Waals surface area (Å²) in [5.74, 6) is -0.302.